The first-order chi connectivity index (χ1) is 14.4. The van der Waals surface area contributed by atoms with Gasteiger partial charge in [0.15, 0.2) is 5.13 Å². The number of aromatic nitrogens is 3. The Morgan fingerprint density at radius 2 is 2.00 bits per heavy atom. The number of aromatic amines is 1. The number of carbonyl (C=O) groups excluding carboxylic acids is 1. The van der Waals surface area contributed by atoms with E-state index in [2.05, 4.69) is 15.0 Å². The zero-order valence-corrected chi connectivity index (χ0v) is 19.1. The summed E-state index contributed by atoms with van der Waals surface area (Å²) in [6, 6.07) is 6.86. The zero-order chi connectivity index (χ0) is 21.4. The summed E-state index contributed by atoms with van der Waals surface area (Å²) in [5.41, 5.74) is 0.273. The first-order valence-electron chi connectivity index (χ1n) is 9.41. The molecule has 4 rings (SSSR count). The van der Waals surface area contributed by atoms with Gasteiger partial charge in [0.2, 0.25) is 0 Å². The highest BCUT2D eigenvalue weighted by Gasteiger charge is 2.21. The first-order valence-corrected chi connectivity index (χ1v) is 11.4. The van der Waals surface area contributed by atoms with E-state index in [0.29, 0.717) is 33.2 Å². The number of fused-ring (bicyclic) bond motifs is 2. The lowest BCUT2D eigenvalue weighted by atomic mass is 10.2. The molecule has 0 aliphatic carbocycles. The molecule has 1 aromatic carbocycles. The van der Waals surface area contributed by atoms with Crippen LogP contribution < -0.4 is 10.5 Å². The van der Waals surface area contributed by atoms with Crippen molar-refractivity contribution in [1.82, 2.24) is 19.9 Å². The van der Waals surface area contributed by atoms with E-state index in [9.17, 15) is 9.59 Å². The standard InChI is InChI=1S/C20H20ClN5O2S2/c1-4-7-26(10-16-22-13-8-11(21)5-6-12(13)17(27)23-16)19(28)15-9-14-18(29-15)24-20(30-14)25(2)3/h5-6,8-9H,4,7,10H2,1-3H3,(H,22,23,27). The Hall–Kier alpha value is -2.49. The highest BCUT2D eigenvalue weighted by Crippen LogP contribution is 2.34. The maximum absolute atomic E-state index is 13.2. The van der Waals surface area contributed by atoms with Crippen LogP contribution in [0.4, 0.5) is 5.13 Å². The number of amides is 1. The second-order valence-corrected chi connectivity index (χ2v) is 9.55. The number of benzene rings is 1. The molecule has 0 bridgehead atoms. The molecule has 1 N–H and O–H groups in total. The first kappa shape index (κ1) is 20.8. The van der Waals surface area contributed by atoms with Gasteiger partial charge in [-0.1, -0.05) is 29.9 Å². The molecule has 0 spiro atoms. The maximum atomic E-state index is 13.2. The van der Waals surface area contributed by atoms with Gasteiger partial charge < -0.3 is 14.8 Å². The number of thiophene rings is 1. The molecule has 30 heavy (non-hydrogen) atoms. The molecule has 0 aliphatic heterocycles. The zero-order valence-electron chi connectivity index (χ0n) is 16.7. The van der Waals surface area contributed by atoms with Crippen LogP contribution in [0.15, 0.2) is 29.1 Å². The number of carbonyl (C=O) groups is 1. The fraction of sp³-hybridized carbons (Fsp3) is 0.300. The van der Waals surface area contributed by atoms with Crippen LogP contribution in [-0.2, 0) is 6.54 Å². The summed E-state index contributed by atoms with van der Waals surface area (Å²) in [5.74, 6) is 0.343. The van der Waals surface area contributed by atoms with Crippen LogP contribution >= 0.6 is 34.3 Å². The fourth-order valence-electron chi connectivity index (χ4n) is 3.12. The lowest BCUT2D eigenvalue weighted by Crippen LogP contribution is -2.32. The summed E-state index contributed by atoms with van der Waals surface area (Å²) in [5, 5.41) is 1.89. The number of thiazole rings is 1. The summed E-state index contributed by atoms with van der Waals surface area (Å²) in [6.45, 7) is 2.78. The van der Waals surface area contributed by atoms with Crippen LogP contribution in [0.2, 0.25) is 5.02 Å². The largest absolute Gasteiger partial charge is 0.354 e. The van der Waals surface area contributed by atoms with Crippen molar-refractivity contribution < 1.29 is 4.79 Å². The predicted molar refractivity (Wildman–Crippen MR) is 124 cm³/mol. The van der Waals surface area contributed by atoms with E-state index < -0.39 is 0 Å². The highest BCUT2D eigenvalue weighted by molar-refractivity contribution is 7.29. The van der Waals surface area contributed by atoms with Gasteiger partial charge in [-0.2, -0.15) is 0 Å². The second kappa shape index (κ2) is 8.33. The van der Waals surface area contributed by atoms with E-state index in [1.807, 2.05) is 32.0 Å². The summed E-state index contributed by atoms with van der Waals surface area (Å²) < 4.78 is 0.996. The number of anilines is 1. The third kappa shape index (κ3) is 4.05. The van der Waals surface area contributed by atoms with Crippen molar-refractivity contribution >= 4 is 65.7 Å². The van der Waals surface area contributed by atoms with Crippen LogP contribution in [0.25, 0.3) is 20.4 Å². The Bertz CT molecular complexity index is 1260. The molecule has 4 aromatic rings. The highest BCUT2D eigenvalue weighted by atomic mass is 35.5. The lowest BCUT2D eigenvalue weighted by Gasteiger charge is -2.21. The van der Waals surface area contributed by atoms with Crippen molar-refractivity contribution in [3.8, 4) is 0 Å². The second-order valence-electron chi connectivity index (χ2n) is 7.07. The lowest BCUT2D eigenvalue weighted by molar-refractivity contribution is 0.0744. The van der Waals surface area contributed by atoms with Crippen LogP contribution in [-0.4, -0.2) is 46.4 Å². The molecular formula is C20H20ClN5O2S2. The molecule has 0 radical (unpaired) electrons. The summed E-state index contributed by atoms with van der Waals surface area (Å²) in [7, 11) is 3.89. The van der Waals surface area contributed by atoms with Crippen LogP contribution in [0.5, 0.6) is 0 Å². The maximum Gasteiger partial charge on any atom is 0.264 e. The Labute approximate surface area is 185 Å². The van der Waals surface area contributed by atoms with E-state index in [1.165, 1.54) is 11.3 Å². The van der Waals surface area contributed by atoms with Crippen molar-refractivity contribution in [3.05, 3.63) is 50.3 Å². The van der Waals surface area contributed by atoms with Gasteiger partial charge in [-0.15, -0.1) is 11.3 Å². The summed E-state index contributed by atoms with van der Waals surface area (Å²) in [4.78, 5) is 42.6. The number of hydrogen-bond acceptors (Lipinski definition) is 7. The van der Waals surface area contributed by atoms with Gasteiger partial charge in [-0.25, -0.2) is 9.97 Å². The van der Waals surface area contributed by atoms with E-state index in [4.69, 9.17) is 11.6 Å². The van der Waals surface area contributed by atoms with Gasteiger partial charge in [0, 0.05) is 25.7 Å². The average Bonchev–Trinajstić information content (AvgIpc) is 3.26. The average molecular weight is 462 g/mol. The minimum atomic E-state index is -0.243. The Balaban J connectivity index is 1.63. The molecule has 156 valence electrons. The van der Waals surface area contributed by atoms with E-state index in [0.717, 1.165) is 21.1 Å². The van der Waals surface area contributed by atoms with Crippen molar-refractivity contribution in [2.45, 2.75) is 19.9 Å². The SMILES string of the molecule is CCCN(Cc1nc2cc(Cl)ccc2c(=O)[nH]1)C(=O)c1cc2sc(N(C)C)nc2s1. The van der Waals surface area contributed by atoms with Gasteiger partial charge in [0.05, 0.1) is 27.0 Å². The summed E-state index contributed by atoms with van der Waals surface area (Å²) in [6.07, 6.45) is 0.790. The number of nitrogens with one attached hydrogen (secondary N) is 1. The van der Waals surface area contributed by atoms with Crippen LogP contribution in [0, 0.1) is 0 Å². The molecule has 0 saturated heterocycles. The molecule has 0 saturated carbocycles. The number of rotatable bonds is 6. The van der Waals surface area contributed by atoms with Gasteiger partial charge in [-0.05, 0) is 30.7 Å². The van der Waals surface area contributed by atoms with Crippen molar-refractivity contribution in [2.75, 3.05) is 25.5 Å². The van der Waals surface area contributed by atoms with Crippen molar-refractivity contribution in [3.63, 3.8) is 0 Å². The molecule has 3 heterocycles. The Morgan fingerprint density at radius 3 is 2.70 bits per heavy atom. The number of halogens is 1. The smallest absolute Gasteiger partial charge is 0.264 e. The molecule has 7 nitrogen and oxygen atoms in total. The monoisotopic (exact) mass is 461 g/mol. The van der Waals surface area contributed by atoms with E-state index >= 15 is 0 Å². The fourth-order valence-corrected chi connectivity index (χ4v) is 5.38. The van der Waals surface area contributed by atoms with Gasteiger partial charge in [0.1, 0.15) is 10.7 Å². The molecule has 3 aromatic heterocycles. The summed E-state index contributed by atoms with van der Waals surface area (Å²) >= 11 is 8.99. The van der Waals surface area contributed by atoms with E-state index in [-0.39, 0.29) is 18.0 Å². The van der Waals surface area contributed by atoms with E-state index in [1.54, 1.807) is 34.4 Å². The molecule has 0 aliphatic rings. The molecule has 0 fully saturated rings. The normalized spacial score (nSPS) is 11.3. The minimum Gasteiger partial charge on any atom is -0.354 e. The molecule has 10 heteroatoms. The van der Waals surface area contributed by atoms with Crippen LogP contribution in [0.1, 0.15) is 28.8 Å². The predicted octanol–water partition coefficient (Wildman–Crippen LogP) is 4.37. The van der Waals surface area contributed by atoms with Gasteiger partial charge in [0.25, 0.3) is 11.5 Å². The topological polar surface area (TPSA) is 82.2 Å². The van der Waals surface area contributed by atoms with Gasteiger partial charge in [-0.3, -0.25) is 9.59 Å². The quantitative estimate of drug-likeness (QED) is 0.461. The minimum absolute atomic E-state index is 0.0905. The van der Waals surface area contributed by atoms with Gasteiger partial charge >= 0.3 is 0 Å². The molecule has 1 amide bonds. The molecular weight excluding hydrogens is 442 g/mol. The van der Waals surface area contributed by atoms with Crippen molar-refractivity contribution in [2.24, 2.45) is 0 Å². The molecule has 0 unspecified atom stereocenters. The number of hydrogen-bond donors (Lipinski definition) is 1. The Kier molecular flexibility index (Phi) is 5.77. The number of H-pyrrole nitrogens is 1. The Morgan fingerprint density at radius 1 is 1.20 bits per heavy atom. The van der Waals surface area contributed by atoms with Crippen LogP contribution in [0.3, 0.4) is 0 Å². The number of nitrogens with zero attached hydrogens (tertiary/aromatic N) is 4. The third-order valence-electron chi connectivity index (χ3n) is 4.51. The molecule has 0 atom stereocenters. The third-order valence-corrected chi connectivity index (χ3v) is 7.06. The van der Waals surface area contributed by atoms with Crippen molar-refractivity contribution in [1.29, 1.82) is 0 Å².